The van der Waals surface area contributed by atoms with Gasteiger partial charge in [0.15, 0.2) is 0 Å². The van der Waals surface area contributed by atoms with Gasteiger partial charge in [0.05, 0.1) is 0 Å². The maximum Gasteiger partial charge on any atom is 0.0316 e. The summed E-state index contributed by atoms with van der Waals surface area (Å²) in [4.78, 5) is 0. The molecule has 108 valence electrons. The maximum atomic E-state index is 5.93. The highest BCUT2D eigenvalue weighted by Crippen LogP contribution is 2.29. The van der Waals surface area contributed by atoms with E-state index in [9.17, 15) is 0 Å². The molecule has 0 aliphatic heterocycles. The predicted octanol–water partition coefficient (Wildman–Crippen LogP) is 5.90. The lowest BCUT2D eigenvalue weighted by Gasteiger charge is -2.18. The van der Waals surface area contributed by atoms with Crippen LogP contribution in [0.15, 0.2) is 24.3 Å². The topological polar surface area (TPSA) is 26.0 Å². The van der Waals surface area contributed by atoms with Crippen LogP contribution in [0, 0.1) is 0 Å². The van der Waals surface area contributed by atoms with E-state index in [4.69, 9.17) is 5.73 Å². The van der Waals surface area contributed by atoms with Crippen molar-refractivity contribution in [3.05, 3.63) is 29.8 Å². The lowest BCUT2D eigenvalue weighted by molar-refractivity contribution is 0.501. The Hall–Kier alpha value is -0.980. The van der Waals surface area contributed by atoms with Crippen LogP contribution in [0.4, 0.5) is 5.69 Å². The molecule has 0 aliphatic rings. The van der Waals surface area contributed by atoms with E-state index in [-0.39, 0.29) is 0 Å². The third-order valence-corrected chi connectivity index (χ3v) is 3.94. The summed E-state index contributed by atoms with van der Waals surface area (Å²) in [6, 6.07) is 8.52. The first-order valence-corrected chi connectivity index (χ1v) is 8.13. The normalized spacial score (nSPS) is 12.5. The molecule has 1 nitrogen and oxygen atoms in total. The number of unbranched alkanes of at least 4 members (excludes halogenated alkanes) is 5. The van der Waals surface area contributed by atoms with Gasteiger partial charge in [0.25, 0.3) is 0 Å². The average Bonchev–Trinajstić information content (AvgIpc) is 2.41. The average molecular weight is 261 g/mol. The molecule has 1 atom stereocenters. The molecule has 0 fully saturated rings. The molecule has 1 rings (SSSR count). The van der Waals surface area contributed by atoms with Gasteiger partial charge < -0.3 is 5.73 Å². The molecule has 0 heterocycles. The highest BCUT2D eigenvalue weighted by Gasteiger charge is 2.11. The second-order valence-electron chi connectivity index (χ2n) is 5.71. The smallest absolute Gasteiger partial charge is 0.0316 e. The molecule has 0 radical (unpaired) electrons. The zero-order valence-corrected chi connectivity index (χ0v) is 12.8. The van der Waals surface area contributed by atoms with Crippen molar-refractivity contribution in [1.29, 1.82) is 0 Å². The summed E-state index contributed by atoms with van der Waals surface area (Å²) in [6.07, 6.45) is 12.1. The zero-order chi connectivity index (χ0) is 13.9. The zero-order valence-electron chi connectivity index (χ0n) is 12.8. The van der Waals surface area contributed by atoms with Crippen molar-refractivity contribution in [2.45, 2.75) is 77.6 Å². The third kappa shape index (κ3) is 6.66. The number of rotatable bonds is 10. The van der Waals surface area contributed by atoms with Crippen molar-refractivity contribution in [3.63, 3.8) is 0 Å². The van der Waals surface area contributed by atoms with Crippen LogP contribution in [-0.4, -0.2) is 0 Å². The fourth-order valence-corrected chi connectivity index (χ4v) is 2.75. The van der Waals surface area contributed by atoms with Gasteiger partial charge in [-0.1, -0.05) is 70.9 Å². The molecule has 0 aliphatic carbocycles. The molecule has 0 aromatic heterocycles. The molecule has 1 unspecified atom stereocenters. The standard InChI is InChI=1S/C18H31N/c1-3-5-7-9-12-16(11-8-6-4-2)17-13-10-14-18(19)15-17/h10,13-16H,3-9,11-12,19H2,1-2H3. The maximum absolute atomic E-state index is 5.93. The van der Waals surface area contributed by atoms with Crippen LogP contribution >= 0.6 is 0 Å². The van der Waals surface area contributed by atoms with Crippen molar-refractivity contribution in [1.82, 2.24) is 0 Å². The summed E-state index contributed by atoms with van der Waals surface area (Å²) in [6.45, 7) is 4.55. The Bertz CT molecular complexity index is 332. The Morgan fingerprint density at radius 1 is 0.895 bits per heavy atom. The fraction of sp³-hybridized carbons (Fsp3) is 0.667. The lowest BCUT2D eigenvalue weighted by atomic mass is 9.88. The lowest BCUT2D eigenvalue weighted by Crippen LogP contribution is -2.01. The second-order valence-corrected chi connectivity index (χ2v) is 5.71. The van der Waals surface area contributed by atoms with Gasteiger partial charge in [0.2, 0.25) is 0 Å². The van der Waals surface area contributed by atoms with Crippen molar-refractivity contribution in [2.75, 3.05) is 5.73 Å². The highest BCUT2D eigenvalue weighted by molar-refractivity contribution is 5.41. The van der Waals surface area contributed by atoms with Gasteiger partial charge in [-0.25, -0.2) is 0 Å². The van der Waals surface area contributed by atoms with E-state index in [0.29, 0.717) is 5.92 Å². The van der Waals surface area contributed by atoms with E-state index in [1.807, 2.05) is 6.07 Å². The van der Waals surface area contributed by atoms with Gasteiger partial charge in [-0.3, -0.25) is 0 Å². The Kier molecular flexibility index (Phi) is 8.36. The number of nitrogen functional groups attached to an aromatic ring is 1. The van der Waals surface area contributed by atoms with Gasteiger partial charge in [0, 0.05) is 5.69 Å². The number of nitrogens with two attached hydrogens (primary N) is 1. The molecule has 1 heteroatoms. The molecule has 19 heavy (non-hydrogen) atoms. The van der Waals surface area contributed by atoms with Crippen LogP contribution in [-0.2, 0) is 0 Å². The van der Waals surface area contributed by atoms with Crippen molar-refractivity contribution < 1.29 is 0 Å². The number of anilines is 1. The Labute approximate surface area is 119 Å². The minimum atomic E-state index is 0.715. The fourth-order valence-electron chi connectivity index (χ4n) is 2.75. The molecule has 1 aromatic carbocycles. The van der Waals surface area contributed by atoms with Crippen LogP contribution in [0.25, 0.3) is 0 Å². The van der Waals surface area contributed by atoms with Crippen LogP contribution in [0.2, 0.25) is 0 Å². The molecular formula is C18H31N. The van der Waals surface area contributed by atoms with Crippen LogP contribution < -0.4 is 5.73 Å². The minimum Gasteiger partial charge on any atom is -0.399 e. The number of hydrogen-bond donors (Lipinski definition) is 1. The van der Waals surface area contributed by atoms with E-state index in [1.165, 1.54) is 63.4 Å². The molecule has 2 N–H and O–H groups in total. The predicted molar refractivity (Wildman–Crippen MR) is 86.5 cm³/mol. The third-order valence-electron chi connectivity index (χ3n) is 3.94. The first kappa shape index (κ1) is 16.1. The second kappa shape index (κ2) is 9.89. The molecule has 0 amide bonds. The Morgan fingerprint density at radius 3 is 2.16 bits per heavy atom. The van der Waals surface area contributed by atoms with Gasteiger partial charge in [-0.2, -0.15) is 0 Å². The van der Waals surface area contributed by atoms with Gasteiger partial charge in [-0.15, -0.1) is 0 Å². The van der Waals surface area contributed by atoms with Crippen molar-refractivity contribution >= 4 is 5.69 Å². The number of hydrogen-bond acceptors (Lipinski definition) is 1. The largest absolute Gasteiger partial charge is 0.399 e. The molecule has 0 saturated heterocycles. The van der Waals surface area contributed by atoms with Crippen molar-refractivity contribution in [3.8, 4) is 0 Å². The summed E-state index contributed by atoms with van der Waals surface area (Å²) in [5.74, 6) is 0.715. The Morgan fingerprint density at radius 2 is 1.53 bits per heavy atom. The quantitative estimate of drug-likeness (QED) is 0.411. The first-order valence-electron chi connectivity index (χ1n) is 8.13. The molecule has 0 saturated carbocycles. The van der Waals surface area contributed by atoms with Crippen LogP contribution in [0.1, 0.15) is 83.1 Å². The highest BCUT2D eigenvalue weighted by atomic mass is 14.5. The van der Waals surface area contributed by atoms with Gasteiger partial charge in [0.1, 0.15) is 0 Å². The minimum absolute atomic E-state index is 0.715. The van der Waals surface area contributed by atoms with E-state index >= 15 is 0 Å². The summed E-state index contributed by atoms with van der Waals surface area (Å²) < 4.78 is 0. The van der Waals surface area contributed by atoms with Gasteiger partial charge >= 0.3 is 0 Å². The van der Waals surface area contributed by atoms with E-state index in [1.54, 1.807) is 0 Å². The first-order chi connectivity index (χ1) is 9.27. The molecule has 0 bridgehead atoms. The van der Waals surface area contributed by atoms with Crippen LogP contribution in [0.3, 0.4) is 0 Å². The Balaban J connectivity index is 2.52. The van der Waals surface area contributed by atoms with Crippen molar-refractivity contribution in [2.24, 2.45) is 0 Å². The van der Waals surface area contributed by atoms with E-state index in [2.05, 4.69) is 32.0 Å². The SMILES string of the molecule is CCCCCCC(CCCCC)c1cccc(N)c1. The number of benzene rings is 1. The van der Waals surface area contributed by atoms with E-state index < -0.39 is 0 Å². The summed E-state index contributed by atoms with van der Waals surface area (Å²) in [5.41, 5.74) is 8.29. The van der Waals surface area contributed by atoms with Crippen LogP contribution in [0.5, 0.6) is 0 Å². The summed E-state index contributed by atoms with van der Waals surface area (Å²) in [5, 5.41) is 0. The molecular weight excluding hydrogens is 230 g/mol. The summed E-state index contributed by atoms with van der Waals surface area (Å²) >= 11 is 0. The molecule has 1 aromatic rings. The molecule has 0 spiro atoms. The monoisotopic (exact) mass is 261 g/mol. The van der Waals surface area contributed by atoms with Gasteiger partial charge in [-0.05, 0) is 36.5 Å². The van der Waals surface area contributed by atoms with E-state index in [0.717, 1.165) is 5.69 Å². The summed E-state index contributed by atoms with van der Waals surface area (Å²) in [7, 11) is 0.